The van der Waals surface area contributed by atoms with E-state index in [-0.39, 0.29) is 16.8 Å². The van der Waals surface area contributed by atoms with Crippen LogP contribution < -0.4 is 10.5 Å². The summed E-state index contributed by atoms with van der Waals surface area (Å²) < 4.78 is 57.5. The number of methoxy groups -OCH3 is 1. The van der Waals surface area contributed by atoms with Crippen molar-refractivity contribution in [1.29, 1.82) is 0 Å². The number of hydrogen-bond donors (Lipinski definition) is 1. The van der Waals surface area contributed by atoms with Crippen LogP contribution in [0, 0.1) is 5.82 Å². The van der Waals surface area contributed by atoms with Crippen LogP contribution in [-0.2, 0) is 6.18 Å². The van der Waals surface area contributed by atoms with Crippen molar-refractivity contribution in [1.82, 2.24) is 4.98 Å². The molecule has 0 aliphatic rings. The number of nitrogens with two attached hydrogens (primary N) is 1. The van der Waals surface area contributed by atoms with Gasteiger partial charge in [0.1, 0.15) is 11.6 Å². The molecule has 3 aromatic rings. The molecular weight excluding hydrogens is 348 g/mol. The summed E-state index contributed by atoms with van der Waals surface area (Å²) in [7, 11) is 1.54. The molecule has 0 amide bonds. The van der Waals surface area contributed by atoms with Gasteiger partial charge in [0.15, 0.2) is 0 Å². The van der Waals surface area contributed by atoms with Gasteiger partial charge in [-0.25, -0.2) is 4.39 Å². The second kappa shape index (κ2) is 6.67. The van der Waals surface area contributed by atoms with Gasteiger partial charge in [0, 0.05) is 29.1 Å². The van der Waals surface area contributed by atoms with Crippen LogP contribution in [0.4, 0.5) is 23.2 Å². The fourth-order valence-corrected chi connectivity index (χ4v) is 2.60. The van der Waals surface area contributed by atoms with E-state index in [1.54, 1.807) is 31.4 Å². The highest BCUT2D eigenvalue weighted by Crippen LogP contribution is 2.37. The van der Waals surface area contributed by atoms with Gasteiger partial charge in [0.25, 0.3) is 0 Å². The molecule has 1 aromatic heterocycles. The molecule has 0 radical (unpaired) electrons. The number of benzene rings is 2. The standard InChI is InChI=1S/C19H14F4N2O/c1-26-13-5-2-11(3-6-13)15-9-25-10-16(18(15)24)14-7-4-12(8-17(14)20)19(21,22)23/h2-10H,1H3,(H2,24,25). The van der Waals surface area contributed by atoms with Crippen LogP contribution in [-0.4, -0.2) is 12.1 Å². The van der Waals surface area contributed by atoms with Crippen LogP contribution >= 0.6 is 0 Å². The highest BCUT2D eigenvalue weighted by Gasteiger charge is 2.31. The zero-order valence-electron chi connectivity index (χ0n) is 13.6. The summed E-state index contributed by atoms with van der Waals surface area (Å²) in [6.45, 7) is 0. The first kappa shape index (κ1) is 17.7. The van der Waals surface area contributed by atoms with Gasteiger partial charge in [-0.05, 0) is 29.8 Å². The first-order valence-corrected chi connectivity index (χ1v) is 7.56. The van der Waals surface area contributed by atoms with E-state index in [0.29, 0.717) is 17.4 Å². The normalized spacial score (nSPS) is 11.4. The fourth-order valence-electron chi connectivity index (χ4n) is 2.60. The zero-order chi connectivity index (χ0) is 18.9. The number of alkyl halides is 3. The lowest BCUT2D eigenvalue weighted by molar-refractivity contribution is -0.137. The Hall–Kier alpha value is -3.09. The molecule has 0 bridgehead atoms. The van der Waals surface area contributed by atoms with Gasteiger partial charge in [0.2, 0.25) is 0 Å². The van der Waals surface area contributed by atoms with E-state index < -0.39 is 17.6 Å². The molecule has 26 heavy (non-hydrogen) atoms. The van der Waals surface area contributed by atoms with Gasteiger partial charge < -0.3 is 10.5 Å². The number of nitrogen functional groups attached to an aromatic ring is 1. The summed E-state index contributed by atoms with van der Waals surface area (Å²) in [5.74, 6) is -0.356. The van der Waals surface area contributed by atoms with Crippen molar-refractivity contribution in [3.8, 4) is 28.0 Å². The summed E-state index contributed by atoms with van der Waals surface area (Å²) in [5.41, 5.74) is 6.77. The fraction of sp³-hybridized carbons (Fsp3) is 0.105. The molecule has 0 saturated carbocycles. The minimum Gasteiger partial charge on any atom is -0.497 e. The molecule has 0 saturated heterocycles. The summed E-state index contributed by atoms with van der Waals surface area (Å²) >= 11 is 0. The third-order valence-corrected chi connectivity index (χ3v) is 3.98. The Morgan fingerprint density at radius 1 is 0.923 bits per heavy atom. The van der Waals surface area contributed by atoms with Gasteiger partial charge >= 0.3 is 6.18 Å². The number of pyridine rings is 1. The Labute approximate surface area is 147 Å². The van der Waals surface area contributed by atoms with Gasteiger partial charge in [-0.2, -0.15) is 13.2 Å². The Morgan fingerprint density at radius 2 is 1.58 bits per heavy atom. The van der Waals surface area contributed by atoms with E-state index in [1.165, 1.54) is 12.4 Å². The second-order valence-electron chi connectivity index (χ2n) is 5.57. The molecule has 7 heteroatoms. The third-order valence-electron chi connectivity index (χ3n) is 3.98. The lowest BCUT2D eigenvalue weighted by Gasteiger charge is -2.13. The molecular formula is C19H14F4N2O. The van der Waals surface area contributed by atoms with E-state index in [9.17, 15) is 17.6 Å². The van der Waals surface area contributed by atoms with E-state index in [2.05, 4.69) is 4.98 Å². The minimum absolute atomic E-state index is 0.0432. The Morgan fingerprint density at radius 3 is 2.15 bits per heavy atom. The maximum absolute atomic E-state index is 14.3. The predicted molar refractivity (Wildman–Crippen MR) is 91.0 cm³/mol. The first-order valence-electron chi connectivity index (χ1n) is 7.56. The zero-order valence-corrected chi connectivity index (χ0v) is 13.6. The van der Waals surface area contributed by atoms with Crippen LogP contribution in [0.25, 0.3) is 22.3 Å². The highest BCUT2D eigenvalue weighted by atomic mass is 19.4. The van der Waals surface area contributed by atoms with Crippen LogP contribution in [0.15, 0.2) is 54.9 Å². The monoisotopic (exact) mass is 362 g/mol. The van der Waals surface area contributed by atoms with Gasteiger partial charge in [-0.1, -0.05) is 18.2 Å². The van der Waals surface area contributed by atoms with Crippen molar-refractivity contribution in [2.75, 3.05) is 12.8 Å². The van der Waals surface area contributed by atoms with Crippen LogP contribution in [0.3, 0.4) is 0 Å². The molecule has 1 heterocycles. The van der Waals surface area contributed by atoms with E-state index in [4.69, 9.17) is 10.5 Å². The molecule has 0 atom stereocenters. The summed E-state index contributed by atoms with van der Waals surface area (Å²) in [5, 5.41) is 0. The average molecular weight is 362 g/mol. The molecule has 0 aliphatic carbocycles. The number of hydrogen-bond acceptors (Lipinski definition) is 3. The maximum Gasteiger partial charge on any atom is 0.416 e. The molecule has 134 valence electrons. The van der Waals surface area contributed by atoms with Gasteiger partial charge in [0.05, 0.1) is 18.4 Å². The van der Waals surface area contributed by atoms with Gasteiger partial charge in [-0.15, -0.1) is 0 Å². The van der Waals surface area contributed by atoms with Crippen molar-refractivity contribution in [2.45, 2.75) is 6.18 Å². The van der Waals surface area contributed by atoms with Gasteiger partial charge in [-0.3, -0.25) is 4.98 Å². The number of anilines is 1. The van der Waals surface area contributed by atoms with Crippen LogP contribution in [0.2, 0.25) is 0 Å². The Bertz CT molecular complexity index is 937. The summed E-state index contributed by atoms with van der Waals surface area (Å²) in [4.78, 5) is 4.05. The van der Waals surface area contributed by atoms with Crippen molar-refractivity contribution in [3.05, 3.63) is 66.2 Å². The summed E-state index contributed by atoms with van der Waals surface area (Å²) in [6.07, 6.45) is -1.77. The lowest BCUT2D eigenvalue weighted by atomic mass is 9.98. The molecule has 3 rings (SSSR count). The Balaban J connectivity index is 2.07. The minimum atomic E-state index is -4.62. The van der Waals surface area contributed by atoms with E-state index in [1.807, 2.05) is 0 Å². The quantitative estimate of drug-likeness (QED) is 0.655. The van der Waals surface area contributed by atoms with E-state index in [0.717, 1.165) is 17.7 Å². The van der Waals surface area contributed by atoms with Crippen molar-refractivity contribution >= 4 is 5.69 Å². The number of halogens is 4. The van der Waals surface area contributed by atoms with Crippen molar-refractivity contribution < 1.29 is 22.3 Å². The number of rotatable bonds is 3. The highest BCUT2D eigenvalue weighted by molar-refractivity contribution is 5.88. The molecule has 0 spiro atoms. The smallest absolute Gasteiger partial charge is 0.416 e. The van der Waals surface area contributed by atoms with Crippen LogP contribution in [0.1, 0.15) is 5.56 Å². The topological polar surface area (TPSA) is 48.1 Å². The second-order valence-corrected chi connectivity index (χ2v) is 5.57. The molecule has 2 N–H and O–H groups in total. The number of aromatic nitrogens is 1. The largest absolute Gasteiger partial charge is 0.497 e. The number of nitrogens with zero attached hydrogens (tertiary/aromatic N) is 1. The Kier molecular flexibility index (Phi) is 4.54. The van der Waals surface area contributed by atoms with Crippen LogP contribution in [0.5, 0.6) is 5.75 Å². The molecule has 3 nitrogen and oxygen atoms in total. The number of ether oxygens (including phenoxy) is 1. The van der Waals surface area contributed by atoms with Crippen molar-refractivity contribution in [2.24, 2.45) is 0 Å². The van der Waals surface area contributed by atoms with Crippen molar-refractivity contribution in [3.63, 3.8) is 0 Å². The molecule has 0 fully saturated rings. The SMILES string of the molecule is COc1ccc(-c2cncc(-c3ccc(C(F)(F)F)cc3F)c2N)cc1. The average Bonchev–Trinajstić information content (AvgIpc) is 2.61. The summed E-state index contributed by atoms with van der Waals surface area (Å²) in [6, 6.07) is 9.33. The molecule has 0 unspecified atom stereocenters. The predicted octanol–water partition coefficient (Wildman–Crippen LogP) is 5.16. The maximum atomic E-state index is 14.3. The van der Waals surface area contributed by atoms with E-state index >= 15 is 0 Å². The molecule has 0 aliphatic heterocycles. The lowest BCUT2D eigenvalue weighted by Crippen LogP contribution is -2.06. The third kappa shape index (κ3) is 3.33. The first-order chi connectivity index (χ1) is 12.3. The molecule has 2 aromatic carbocycles.